The van der Waals surface area contributed by atoms with Gasteiger partial charge in [0, 0.05) is 25.1 Å². The van der Waals surface area contributed by atoms with E-state index < -0.39 is 17.9 Å². The SMILES string of the molecule is O=C(NC(Cc1ccc2oc(CCc3ccc4c(n3)NCCC4)nc2c1)C(=O)O)c1c(Cl)cccc1Cl. The van der Waals surface area contributed by atoms with Crippen molar-refractivity contribution >= 4 is 52.0 Å². The van der Waals surface area contributed by atoms with E-state index in [0.717, 1.165) is 30.9 Å². The van der Waals surface area contributed by atoms with Crippen LogP contribution < -0.4 is 10.6 Å². The first-order chi connectivity index (χ1) is 17.9. The molecule has 4 aromatic rings. The van der Waals surface area contributed by atoms with Crippen molar-refractivity contribution < 1.29 is 19.1 Å². The number of amides is 1. The van der Waals surface area contributed by atoms with Gasteiger partial charge in [0.15, 0.2) is 11.5 Å². The van der Waals surface area contributed by atoms with Crippen LogP contribution in [0.15, 0.2) is 52.9 Å². The fraction of sp³-hybridized carbons (Fsp3) is 0.259. The second-order valence-electron chi connectivity index (χ2n) is 8.92. The number of carbonyl (C=O) groups excluding carboxylic acids is 1. The van der Waals surface area contributed by atoms with Crippen molar-refractivity contribution in [3.63, 3.8) is 0 Å². The molecule has 37 heavy (non-hydrogen) atoms. The molecule has 0 spiro atoms. The fourth-order valence-electron chi connectivity index (χ4n) is 4.38. The molecule has 3 N–H and O–H groups in total. The largest absolute Gasteiger partial charge is 0.480 e. The number of anilines is 1. The van der Waals surface area contributed by atoms with Gasteiger partial charge in [-0.25, -0.2) is 14.8 Å². The van der Waals surface area contributed by atoms with Gasteiger partial charge >= 0.3 is 5.97 Å². The number of pyridine rings is 1. The maximum Gasteiger partial charge on any atom is 0.326 e. The van der Waals surface area contributed by atoms with Gasteiger partial charge in [-0.15, -0.1) is 0 Å². The standard InChI is InChI=1S/C27H24Cl2N4O4/c28-18-4-1-5-19(29)24(18)26(34)33-21(27(35)36)14-15-6-10-22-20(13-15)32-23(37-22)11-9-17-8-7-16-3-2-12-30-25(16)31-17/h1,4-8,10,13,21H,2-3,9,11-12,14H2,(H,30,31)(H,33,34)(H,35,36). The van der Waals surface area contributed by atoms with Crippen LogP contribution >= 0.6 is 23.2 Å². The van der Waals surface area contributed by atoms with Crippen LogP contribution in [-0.2, 0) is 30.5 Å². The highest BCUT2D eigenvalue weighted by molar-refractivity contribution is 6.39. The lowest BCUT2D eigenvalue weighted by molar-refractivity contribution is -0.139. The van der Waals surface area contributed by atoms with Crippen LogP contribution in [0.1, 0.15) is 39.5 Å². The smallest absolute Gasteiger partial charge is 0.326 e. The summed E-state index contributed by atoms with van der Waals surface area (Å²) in [7, 11) is 0. The third-order valence-electron chi connectivity index (χ3n) is 6.28. The Morgan fingerprint density at radius 3 is 2.68 bits per heavy atom. The van der Waals surface area contributed by atoms with Crippen molar-refractivity contribution in [3.05, 3.63) is 86.9 Å². The van der Waals surface area contributed by atoms with E-state index >= 15 is 0 Å². The van der Waals surface area contributed by atoms with E-state index in [9.17, 15) is 14.7 Å². The minimum absolute atomic E-state index is 0.0397. The van der Waals surface area contributed by atoms with Gasteiger partial charge < -0.3 is 20.2 Å². The van der Waals surface area contributed by atoms with Gasteiger partial charge in [-0.2, -0.15) is 0 Å². The second kappa shape index (κ2) is 10.8. The summed E-state index contributed by atoms with van der Waals surface area (Å²) in [5.74, 6) is -0.290. The molecule has 0 saturated carbocycles. The molecule has 0 fully saturated rings. The van der Waals surface area contributed by atoms with Crippen molar-refractivity contribution in [1.82, 2.24) is 15.3 Å². The molecule has 1 atom stereocenters. The Labute approximate surface area is 223 Å². The highest BCUT2D eigenvalue weighted by atomic mass is 35.5. The molecular weight excluding hydrogens is 515 g/mol. The fourth-order valence-corrected chi connectivity index (χ4v) is 4.95. The van der Waals surface area contributed by atoms with Gasteiger partial charge in [0.2, 0.25) is 0 Å². The predicted octanol–water partition coefficient (Wildman–Crippen LogP) is 5.10. The summed E-state index contributed by atoms with van der Waals surface area (Å²) in [5, 5.41) is 15.9. The summed E-state index contributed by atoms with van der Waals surface area (Å²) in [4.78, 5) is 33.9. The molecule has 3 heterocycles. The Kier molecular flexibility index (Phi) is 7.30. The highest BCUT2D eigenvalue weighted by Gasteiger charge is 2.24. The monoisotopic (exact) mass is 538 g/mol. The first kappa shape index (κ1) is 25.0. The Balaban J connectivity index is 1.27. The molecule has 1 amide bonds. The maximum absolute atomic E-state index is 12.7. The number of fused-ring (bicyclic) bond motifs is 2. The van der Waals surface area contributed by atoms with Gasteiger partial charge in [-0.3, -0.25) is 4.79 Å². The van der Waals surface area contributed by atoms with Crippen LogP contribution in [-0.4, -0.2) is 39.5 Å². The number of halogens is 2. The highest BCUT2D eigenvalue weighted by Crippen LogP contribution is 2.25. The quantitative estimate of drug-likeness (QED) is 0.285. The van der Waals surface area contributed by atoms with Crippen LogP contribution in [0.25, 0.3) is 11.1 Å². The van der Waals surface area contributed by atoms with Crippen molar-refractivity contribution in [2.75, 3.05) is 11.9 Å². The molecular formula is C27H24Cl2N4O4. The molecule has 190 valence electrons. The number of nitrogens with zero attached hydrogens (tertiary/aromatic N) is 2. The van der Waals surface area contributed by atoms with Crippen molar-refractivity contribution in [3.8, 4) is 0 Å². The average molecular weight is 539 g/mol. The topological polar surface area (TPSA) is 117 Å². The summed E-state index contributed by atoms with van der Waals surface area (Å²) >= 11 is 12.2. The van der Waals surface area contributed by atoms with E-state index in [1.165, 1.54) is 17.7 Å². The molecule has 5 rings (SSSR count). The van der Waals surface area contributed by atoms with Crippen LogP contribution in [0.3, 0.4) is 0 Å². The zero-order valence-electron chi connectivity index (χ0n) is 19.8. The molecule has 0 radical (unpaired) electrons. The van der Waals surface area contributed by atoms with Gasteiger partial charge in [0.1, 0.15) is 17.4 Å². The van der Waals surface area contributed by atoms with E-state index in [0.29, 0.717) is 35.4 Å². The van der Waals surface area contributed by atoms with Crippen molar-refractivity contribution in [1.29, 1.82) is 0 Å². The Morgan fingerprint density at radius 2 is 1.89 bits per heavy atom. The van der Waals surface area contributed by atoms with Gasteiger partial charge in [-0.1, -0.05) is 41.4 Å². The summed E-state index contributed by atoms with van der Waals surface area (Å²) in [6, 6.07) is 12.9. The van der Waals surface area contributed by atoms with E-state index in [2.05, 4.69) is 21.7 Å². The summed E-state index contributed by atoms with van der Waals surface area (Å²) in [6.07, 6.45) is 3.49. The molecule has 10 heteroatoms. The van der Waals surface area contributed by atoms with Crippen LogP contribution in [0.4, 0.5) is 5.82 Å². The zero-order valence-corrected chi connectivity index (χ0v) is 21.3. The number of hydrogen-bond acceptors (Lipinski definition) is 6. The van der Waals surface area contributed by atoms with E-state index in [-0.39, 0.29) is 22.0 Å². The number of carboxylic acid groups (broad SMARTS) is 1. The lowest BCUT2D eigenvalue weighted by atomic mass is 10.0. The predicted molar refractivity (Wildman–Crippen MR) is 142 cm³/mol. The second-order valence-corrected chi connectivity index (χ2v) is 9.73. The maximum atomic E-state index is 12.7. The molecule has 1 aliphatic rings. The van der Waals surface area contributed by atoms with E-state index in [4.69, 9.17) is 32.6 Å². The number of rotatable bonds is 8. The number of carbonyl (C=O) groups is 2. The molecule has 2 aromatic carbocycles. The molecule has 8 nitrogen and oxygen atoms in total. The molecule has 0 aliphatic carbocycles. The minimum atomic E-state index is -1.19. The van der Waals surface area contributed by atoms with Crippen LogP contribution in [0, 0.1) is 0 Å². The van der Waals surface area contributed by atoms with E-state index in [1.54, 1.807) is 24.3 Å². The molecule has 0 bridgehead atoms. The first-order valence-electron chi connectivity index (χ1n) is 12.0. The Bertz CT molecular complexity index is 1470. The number of benzene rings is 2. The lowest BCUT2D eigenvalue weighted by Crippen LogP contribution is -2.42. The summed E-state index contributed by atoms with van der Waals surface area (Å²) in [5.41, 5.74) is 4.17. The summed E-state index contributed by atoms with van der Waals surface area (Å²) < 4.78 is 5.89. The molecule has 2 aromatic heterocycles. The Hall–Kier alpha value is -3.62. The van der Waals surface area contributed by atoms with Crippen LogP contribution in [0.2, 0.25) is 10.0 Å². The third kappa shape index (κ3) is 5.70. The number of aliphatic carboxylic acids is 1. The van der Waals surface area contributed by atoms with Gasteiger partial charge in [0.05, 0.1) is 15.6 Å². The lowest BCUT2D eigenvalue weighted by Gasteiger charge is -2.17. The minimum Gasteiger partial charge on any atom is -0.480 e. The third-order valence-corrected chi connectivity index (χ3v) is 6.91. The number of aryl methyl sites for hydroxylation is 3. The van der Waals surface area contributed by atoms with Crippen LogP contribution in [0.5, 0.6) is 0 Å². The number of carboxylic acids is 1. The molecule has 1 unspecified atom stereocenters. The summed E-state index contributed by atoms with van der Waals surface area (Å²) in [6.45, 7) is 0.942. The Morgan fingerprint density at radius 1 is 1.08 bits per heavy atom. The molecule has 0 saturated heterocycles. The average Bonchev–Trinajstić information content (AvgIpc) is 3.29. The van der Waals surface area contributed by atoms with Gasteiger partial charge in [0.25, 0.3) is 5.91 Å². The normalized spacial score (nSPS) is 13.6. The van der Waals surface area contributed by atoms with Crippen molar-refractivity contribution in [2.24, 2.45) is 0 Å². The number of hydrogen-bond donors (Lipinski definition) is 3. The number of aromatic nitrogens is 2. The zero-order chi connectivity index (χ0) is 25.9. The van der Waals surface area contributed by atoms with Crippen molar-refractivity contribution in [2.45, 2.75) is 38.1 Å². The first-order valence-corrected chi connectivity index (χ1v) is 12.7. The molecule has 1 aliphatic heterocycles. The number of nitrogens with one attached hydrogen (secondary N) is 2. The van der Waals surface area contributed by atoms with Gasteiger partial charge in [-0.05, 0) is 60.7 Å². The van der Waals surface area contributed by atoms with E-state index in [1.807, 2.05) is 6.07 Å². The number of oxazole rings is 1.